The highest BCUT2D eigenvalue weighted by Gasteiger charge is 2.48. The number of hydrogen-bond acceptors (Lipinski definition) is 8. The Kier molecular flexibility index (Phi) is 7.51. The van der Waals surface area contributed by atoms with Gasteiger partial charge in [-0.3, -0.25) is 0 Å². The highest BCUT2D eigenvalue weighted by atomic mass is 16.6. The van der Waals surface area contributed by atoms with Crippen molar-refractivity contribution in [1.29, 1.82) is 0 Å². The van der Waals surface area contributed by atoms with Crippen LogP contribution in [0.2, 0.25) is 0 Å². The minimum atomic E-state index is -0.795. The van der Waals surface area contributed by atoms with E-state index in [4.69, 9.17) is 9.47 Å². The number of rotatable bonds is 9. The van der Waals surface area contributed by atoms with Crippen molar-refractivity contribution in [3.63, 3.8) is 0 Å². The quantitative estimate of drug-likeness (QED) is 0.356. The van der Waals surface area contributed by atoms with Gasteiger partial charge in [-0.15, -0.1) is 5.10 Å². The Morgan fingerprint density at radius 3 is 2.62 bits per heavy atom. The normalized spacial score (nSPS) is 20.2. The maximum Gasteiger partial charge on any atom is 0.338 e. The van der Waals surface area contributed by atoms with Gasteiger partial charge in [0.15, 0.2) is 5.82 Å². The molecule has 1 aliphatic carbocycles. The monoisotopic (exact) mass is 534 g/mol. The molecule has 1 atom stereocenters. The summed E-state index contributed by atoms with van der Waals surface area (Å²) in [5, 5.41) is 26.2. The van der Waals surface area contributed by atoms with Crippen LogP contribution in [-0.2, 0) is 28.8 Å². The molecule has 3 heterocycles. The molecule has 0 bridgehead atoms. The Bertz CT molecular complexity index is 1420. The van der Waals surface area contributed by atoms with E-state index in [2.05, 4.69) is 15.1 Å². The molecule has 0 unspecified atom stereocenters. The SMILES string of the molecule is CCOc1c(CC[C@@]2(C3CCCC3)CC(O)=C(Cc3nc4nc(C)cc(C)n4n3)C(=O)O2)ccc(O)c1CC. The molecule has 2 aliphatic rings. The van der Waals surface area contributed by atoms with Gasteiger partial charge in [0.1, 0.15) is 22.9 Å². The number of nitrogens with zero attached hydrogens (tertiary/aromatic N) is 4. The molecule has 1 fully saturated rings. The zero-order valence-corrected chi connectivity index (χ0v) is 23.3. The van der Waals surface area contributed by atoms with E-state index >= 15 is 0 Å². The molecular weight excluding hydrogens is 496 g/mol. The van der Waals surface area contributed by atoms with Crippen LogP contribution in [0.1, 0.15) is 80.7 Å². The van der Waals surface area contributed by atoms with Gasteiger partial charge in [-0.05, 0) is 76.5 Å². The van der Waals surface area contributed by atoms with E-state index in [1.165, 1.54) is 0 Å². The minimum Gasteiger partial charge on any atom is -0.512 e. The van der Waals surface area contributed by atoms with Crippen molar-refractivity contribution in [2.24, 2.45) is 5.92 Å². The summed E-state index contributed by atoms with van der Waals surface area (Å²) in [5.74, 6) is 1.55. The third kappa shape index (κ3) is 5.18. The Balaban J connectivity index is 1.43. The van der Waals surface area contributed by atoms with E-state index < -0.39 is 11.6 Å². The maximum atomic E-state index is 13.5. The Labute approximate surface area is 228 Å². The number of esters is 1. The smallest absolute Gasteiger partial charge is 0.338 e. The molecule has 9 heteroatoms. The predicted octanol–water partition coefficient (Wildman–Crippen LogP) is 5.27. The molecule has 9 nitrogen and oxygen atoms in total. The highest BCUT2D eigenvalue weighted by molar-refractivity contribution is 5.90. The molecule has 3 aromatic rings. The van der Waals surface area contributed by atoms with Crippen LogP contribution in [0.3, 0.4) is 0 Å². The number of hydrogen-bond donors (Lipinski definition) is 2. The average molecular weight is 535 g/mol. The van der Waals surface area contributed by atoms with Crippen molar-refractivity contribution < 1.29 is 24.5 Å². The van der Waals surface area contributed by atoms with Gasteiger partial charge in [0, 0.05) is 29.8 Å². The summed E-state index contributed by atoms with van der Waals surface area (Å²) < 4.78 is 13.9. The van der Waals surface area contributed by atoms with Crippen LogP contribution in [0.15, 0.2) is 29.5 Å². The number of carbonyl (C=O) groups is 1. The van der Waals surface area contributed by atoms with Crippen molar-refractivity contribution in [3.8, 4) is 11.5 Å². The number of aliphatic hydroxyl groups is 1. The number of aryl methyl sites for hydroxylation is 3. The van der Waals surface area contributed by atoms with E-state index in [1.807, 2.05) is 39.8 Å². The number of fused-ring (bicyclic) bond motifs is 1. The first-order valence-corrected chi connectivity index (χ1v) is 14.0. The van der Waals surface area contributed by atoms with Crippen molar-refractivity contribution >= 4 is 11.7 Å². The second-order valence-corrected chi connectivity index (χ2v) is 10.8. The summed E-state index contributed by atoms with van der Waals surface area (Å²) in [7, 11) is 0. The first kappa shape index (κ1) is 27.0. The van der Waals surface area contributed by atoms with Crippen LogP contribution in [0.5, 0.6) is 11.5 Å². The number of carbonyl (C=O) groups excluding carboxylic acids is 1. The van der Waals surface area contributed by atoms with E-state index in [0.717, 1.165) is 48.2 Å². The minimum absolute atomic E-state index is 0.0582. The molecule has 2 aromatic heterocycles. The lowest BCUT2D eigenvalue weighted by Crippen LogP contribution is -2.46. The van der Waals surface area contributed by atoms with Crippen LogP contribution in [-0.4, -0.2) is 48.0 Å². The molecule has 208 valence electrons. The molecule has 5 rings (SSSR count). The van der Waals surface area contributed by atoms with E-state index in [-0.39, 0.29) is 35.8 Å². The number of aromatic hydroxyl groups is 1. The van der Waals surface area contributed by atoms with Gasteiger partial charge in [-0.1, -0.05) is 25.8 Å². The fourth-order valence-corrected chi connectivity index (χ4v) is 6.30. The summed E-state index contributed by atoms with van der Waals surface area (Å²) >= 11 is 0. The average Bonchev–Trinajstić information content (AvgIpc) is 3.57. The molecule has 1 aliphatic heterocycles. The highest BCUT2D eigenvalue weighted by Crippen LogP contribution is 2.46. The van der Waals surface area contributed by atoms with Crippen molar-refractivity contribution in [3.05, 3.63) is 57.9 Å². The molecule has 39 heavy (non-hydrogen) atoms. The van der Waals surface area contributed by atoms with Gasteiger partial charge in [-0.2, -0.15) is 4.98 Å². The lowest BCUT2D eigenvalue weighted by molar-refractivity contribution is -0.167. The molecule has 0 amide bonds. The lowest BCUT2D eigenvalue weighted by Gasteiger charge is -2.42. The zero-order valence-electron chi connectivity index (χ0n) is 23.3. The van der Waals surface area contributed by atoms with Gasteiger partial charge >= 0.3 is 5.97 Å². The van der Waals surface area contributed by atoms with E-state index in [9.17, 15) is 15.0 Å². The van der Waals surface area contributed by atoms with Gasteiger partial charge < -0.3 is 19.7 Å². The molecule has 0 saturated heterocycles. The third-order valence-electron chi connectivity index (χ3n) is 8.23. The number of phenols is 1. The molecule has 1 aromatic carbocycles. The van der Waals surface area contributed by atoms with Crippen molar-refractivity contribution in [1.82, 2.24) is 19.6 Å². The molecule has 1 saturated carbocycles. The largest absolute Gasteiger partial charge is 0.512 e. The van der Waals surface area contributed by atoms with Gasteiger partial charge in [0.2, 0.25) is 0 Å². The van der Waals surface area contributed by atoms with Crippen LogP contribution in [0, 0.1) is 19.8 Å². The molecule has 0 spiro atoms. The fraction of sp³-hybridized carbons (Fsp3) is 0.533. The first-order valence-electron chi connectivity index (χ1n) is 14.0. The van der Waals surface area contributed by atoms with Crippen LogP contribution >= 0.6 is 0 Å². The molecule has 2 N–H and O–H groups in total. The number of benzene rings is 1. The Morgan fingerprint density at radius 1 is 1.15 bits per heavy atom. The van der Waals surface area contributed by atoms with Crippen molar-refractivity contribution in [2.45, 2.75) is 91.1 Å². The zero-order chi connectivity index (χ0) is 27.7. The third-order valence-corrected chi connectivity index (χ3v) is 8.23. The van der Waals surface area contributed by atoms with Gasteiger partial charge in [0.05, 0.1) is 12.2 Å². The number of aliphatic hydroxyl groups excluding tert-OH is 1. The second kappa shape index (κ2) is 10.9. The van der Waals surface area contributed by atoms with Gasteiger partial charge in [-0.25, -0.2) is 14.3 Å². The Hall–Kier alpha value is -3.62. The Morgan fingerprint density at radius 2 is 1.92 bits per heavy atom. The topological polar surface area (TPSA) is 119 Å². The van der Waals surface area contributed by atoms with Gasteiger partial charge in [0.25, 0.3) is 5.78 Å². The van der Waals surface area contributed by atoms with Crippen molar-refractivity contribution in [2.75, 3.05) is 6.61 Å². The summed E-state index contributed by atoms with van der Waals surface area (Å²) in [6, 6.07) is 5.52. The summed E-state index contributed by atoms with van der Waals surface area (Å²) in [6.07, 6.45) is 6.26. The van der Waals surface area contributed by atoms with Crippen LogP contribution in [0.25, 0.3) is 5.78 Å². The van der Waals surface area contributed by atoms with E-state index in [0.29, 0.717) is 43.2 Å². The fourth-order valence-electron chi connectivity index (χ4n) is 6.30. The summed E-state index contributed by atoms with van der Waals surface area (Å²) in [5.41, 5.74) is 2.91. The first-order chi connectivity index (χ1) is 18.7. The number of cyclic esters (lactones) is 1. The standard InChI is InChI=1S/C30H38N4O5/c1-5-22-24(35)12-11-20(27(22)38-6-2)13-14-30(21-9-7-8-10-21)17-25(36)23(28(37)39-30)16-26-32-29-31-18(3)15-19(4)34(29)33-26/h11-12,15,21,35-36H,5-10,13-14,16-17H2,1-4H3/t30-/m0/s1. The lowest BCUT2D eigenvalue weighted by atomic mass is 9.76. The van der Waals surface area contributed by atoms with E-state index in [1.54, 1.807) is 10.6 Å². The summed E-state index contributed by atoms with van der Waals surface area (Å²) in [4.78, 5) is 22.4. The van der Waals surface area contributed by atoms with Crippen LogP contribution < -0.4 is 4.74 Å². The predicted molar refractivity (Wildman–Crippen MR) is 146 cm³/mol. The molecule has 0 radical (unpaired) electrons. The molecular formula is C30H38N4O5. The summed E-state index contributed by atoms with van der Waals surface area (Å²) in [6.45, 7) is 8.23. The second-order valence-electron chi connectivity index (χ2n) is 10.8. The maximum absolute atomic E-state index is 13.5. The van der Waals surface area contributed by atoms with Crippen LogP contribution in [0.4, 0.5) is 0 Å². The number of ether oxygens (including phenoxy) is 2. The number of phenolic OH excluding ortho intramolecular Hbond substituents is 1. The number of aromatic nitrogens is 4.